The van der Waals surface area contributed by atoms with E-state index >= 15 is 0 Å². The van der Waals surface area contributed by atoms with Gasteiger partial charge in [-0.3, -0.25) is 9.20 Å². The summed E-state index contributed by atoms with van der Waals surface area (Å²) >= 11 is 0. The number of nitrogens with one attached hydrogen (secondary N) is 1. The van der Waals surface area contributed by atoms with E-state index in [1.165, 1.54) is 18.2 Å². The number of aliphatic hydroxyl groups is 1. The van der Waals surface area contributed by atoms with Gasteiger partial charge in [-0.15, -0.1) is 0 Å². The van der Waals surface area contributed by atoms with E-state index < -0.39 is 11.6 Å². The van der Waals surface area contributed by atoms with Gasteiger partial charge in [0, 0.05) is 19.3 Å². The third-order valence-electron chi connectivity index (χ3n) is 5.39. The summed E-state index contributed by atoms with van der Waals surface area (Å²) in [4.78, 5) is 17.5. The number of hydrogen-bond acceptors (Lipinski definition) is 4. The summed E-state index contributed by atoms with van der Waals surface area (Å²) in [7, 11) is 0. The number of nitrogens with zero attached hydrogens (tertiary/aromatic N) is 2. The smallest absolute Gasteiger partial charge is 0.270 e. The molecule has 8 heteroatoms. The van der Waals surface area contributed by atoms with Gasteiger partial charge in [-0.25, -0.2) is 13.8 Å². The molecule has 0 radical (unpaired) electrons. The molecule has 32 heavy (non-hydrogen) atoms. The number of fused-ring (bicyclic) bond motifs is 1. The monoisotopic (exact) mass is 445 g/mol. The minimum atomic E-state index is -0.683. The average molecular weight is 446 g/mol. The molecule has 172 valence electrons. The van der Waals surface area contributed by atoms with Crippen LogP contribution in [-0.2, 0) is 6.61 Å². The third kappa shape index (κ3) is 5.24. The topological polar surface area (TPSA) is 75.9 Å². The highest BCUT2D eigenvalue weighted by Crippen LogP contribution is 2.26. The van der Waals surface area contributed by atoms with Gasteiger partial charge < -0.3 is 15.2 Å². The van der Waals surface area contributed by atoms with Crippen LogP contribution >= 0.6 is 0 Å². The molecule has 0 fully saturated rings. The second-order valence-electron chi connectivity index (χ2n) is 8.78. The predicted molar refractivity (Wildman–Crippen MR) is 118 cm³/mol. The molecule has 0 aliphatic heterocycles. The minimum Gasteiger partial charge on any atom is -0.485 e. The summed E-state index contributed by atoms with van der Waals surface area (Å²) in [5, 5.41) is 12.0. The first-order valence-corrected chi connectivity index (χ1v) is 10.6. The maximum Gasteiger partial charge on any atom is 0.270 e. The number of aliphatic hydroxyl groups excluding tert-OH is 1. The number of aryl methyl sites for hydroxylation is 2. The molecule has 1 amide bonds. The van der Waals surface area contributed by atoms with Crippen molar-refractivity contribution in [3.63, 3.8) is 0 Å². The lowest BCUT2D eigenvalue weighted by molar-refractivity contribution is 0.0926. The van der Waals surface area contributed by atoms with E-state index in [2.05, 4.69) is 10.3 Å². The highest BCUT2D eigenvalue weighted by molar-refractivity contribution is 5.95. The first kappa shape index (κ1) is 23.7. The van der Waals surface area contributed by atoms with Gasteiger partial charge in [0.2, 0.25) is 0 Å². The maximum absolute atomic E-state index is 14.0. The molecular formula is C24H29F2N3O3. The molecule has 0 unspecified atom stereocenters. The van der Waals surface area contributed by atoms with Crippen LogP contribution in [0, 0.1) is 30.9 Å². The van der Waals surface area contributed by atoms with E-state index in [0.29, 0.717) is 35.8 Å². The number of rotatable bonds is 9. The SMILES string of the molecule is Cc1cc(OCc2c(F)cccc2F)c2nc(C)c(C(=O)NCC(C)(C)CCCO)n2c1. The second-order valence-corrected chi connectivity index (χ2v) is 8.78. The molecule has 3 rings (SSSR count). The number of amides is 1. The van der Waals surface area contributed by atoms with E-state index in [1.54, 1.807) is 23.6 Å². The zero-order valence-electron chi connectivity index (χ0n) is 18.8. The Morgan fingerprint density at radius 1 is 1.25 bits per heavy atom. The molecule has 0 saturated heterocycles. The molecule has 0 saturated carbocycles. The Hall–Kier alpha value is -3.00. The molecule has 3 aromatic rings. The molecular weight excluding hydrogens is 416 g/mol. The molecule has 0 bridgehead atoms. The van der Waals surface area contributed by atoms with Crippen molar-refractivity contribution in [2.75, 3.05) is 13.2 Å². The van der Waals surface area contributed by atoms with Gasteiger partial charge in [-0.05, 0) is 55.9 Å². The number of aromatic nitrogens is 2. The lowest BCUT2D eigenvalue weighted by Gasteiger charge is -2.24. The number of carbonyl (C=O) groups excluding carboxylic acids is 1. The normalized spacial score (nSPS) is 11.7. The highest BCUT2D eigenvalue weighted by Gasteiger charge is 2.23. The Kier molecular flexibility index (Phi) is 7.13. The zero-order valence-corrected chi connectivity index (χ0v) is 18.8. The molecule has 0 aliphatic rings. The van der Waals surface area contributed by atoms with Gasteiger partial charge in [0.25, 0.3) is 5.91 Å². The minimum absolute atomic E-state index is 0.114. The summed E-state index contributed by atoms with van der Waals surface area (Å²) in [5.74, 6) is -1.31. The first-order valence-electron chi connectivity index (χ1n) is 10.6. The van der Waals surface area contributed by atoms with Crippen molar-refractivity contribution in [2.45, 2.75) is 47.1 Å². The van der Waals surface area contributed by atoms with E-state index in [1.807, 2.05) is 20.8 Å². The quantitative estimate of drug-likeness (QED) is 0.514. The number of imidazole rings is 1. The Morgan fingerprint density at radius 3 is 2.59 bits per heavy atom. The Bertz CT molecular complexity index is 1110. The molecule has 6 nitrogen and oxygen atoms in total. The van der Waals surface area contributed by atoms with Crippen molar-refractivity contribution >= 4 is 11.6 Å². The van der Waals surface area contributed by atoms with Crippen molar-refractivity contribution in [2.24, 2.45) is 5.41 Å². The van der Waals surface area contributed by atoms with Crippen LogP contribution in [0.3, 0.4) is 0 Å². The lowest BCUT2D eigenvalue weighted by atomic mass is 9.88. The molecule has 2 aromatic heterocycles. The van der Waals surface area contributed by atoms with Crippen LogP contribution in [0.5, 0.6) is 5.75 Å². The molecule has 0 aliphatic carbocycles. The number of hydrogen-bond donors (Lipinski definition) is 2. The van der Waals surface area contributed by atoms with Crippen molar-refractivity contribution in [3.8, 4) is 5.75 Å². The van der Waals surface area contributed by atoms with Crippen molar-refractivity contribution in [1.29, 1.82) is 0 Å². The fourth-order valence-electron chi connectivity index (χ4n) is 3.61. The van der Waals surface area contributed by atoms with Crippen LogP contribution in [-0.4, -0.2) is 33.6 Å². The molecule has 2 heterocycles. The van der Waals surface area contributed by atoms with E-state index in [4.69, 9.17) is 9.84 Å². The summed E-state index contributed by atoms with van der Waals surface area (Å²) in [6, 6.07) is 5.38. The number of carbonyl (C=O) groups is 1. The number of ether oxygens (including phenoxy) is 1. The average Bonchev–Trinajstić information content (AvgIpc) is 3.06. The van der Waals surface area contributed by atoms with Gasteiger partial charge in [-0.1, -0.05) is 19.9 Å². The predicted octanol–water partition coefficient (Wildman–Crippen LogP) is 4.34. The number of pyridine rings is 1. The third-order valence-corrected chi connectivity index (χ3v) is 5.39. The fraction of sp³-hybridized carbons (Fsp3) is 0.417. The van der Waals surface area contributed by atoms with Gasteiger partial charge in [0.05, 0.1) is 11.3 Å². The first-order chi connectivity index (χ1) is 15.1. The summed E-state index contributed by atoms with van der Waals surface area (Å²) in [6.45, 7) is 7.89. The van der Waals surface area contributed by atoms with Crippen molar-refractivity contribution in [3.05, 3.63) is 64.6 Å². The van der Waals surface area contributed by atoms with E-state index in [-0.39, 0.29) is 30.1 Å². The van der Waals surface area contributed by atoms with Crippen molar-refractivity contribution < 1.29 is 23.4 Å². The van der Waals surface area contributed by atoms with Crippen molar-refractivity contribution in [1.82, 2.24) is 14.7 Å². The Morgan fingerprint density at radius 2 is 1.94 bits per heavy atom. The molecule has 2 N–H and O–H groups in total. The van der Waals surface area contributed by atoms with Crippen LogP contribution < -0.4 is 10.1 Å². The van der Waals surface area contributed by atoms with Crippen LogP contribution in [0.1, 0.15) is 54.0 Å². The Balaban J connectivity index is 1.86. The maximum atomic E-state index is 14.0. The largest absolute Gasteiger partial charge is 0.485 e. The summed E-state index contributed by atoms with van der Waals surface area (Å²) in [5.41, 5.74) is 1.76. The summed E-state index contributed by atoms with van der Waals surface area (Å²) in [6.07, 6.45) is 3.22. The zero-order chi connectivity index (χ0) is 23.5. The van der Waals surface area contributed by atoms with Crippen LogP contribution in [0.15, 0.2) is 30.5 Å². The summed E-state index contributed by atoms with van der Waals surface area (Å²) < 4.78 is 35.3. The highest BCUT2D eigenvalue weighted by atomic mass is 19.1. The van der Waals surface area contributed by atoms with Gasteiger partial charge in [0.1, 0.15) is 23.9 Å². The Labute approximate surface area is 186 Å². The van der Waals surface area contributed by atoms with E-state index in [9.17, 15) is 13.6 Å². The van der Waals surface area contributed by atoms with Crippen LogP contribution in [0.2, 0.25) is 0 Å². The second kappa shape index (κ2) is 9.65. The van der Waals surface area contributed by atoms with E-state index in [0.717, 1.165) is 12.0 Å². The van der Waals surface area contributed by atoms with Gasteiger partial charge in [-0.2, -0.15) is 0 Å². The van der Waals surface area contributed by atoms with Gasteiger partial charge in [0.15, 0.2) is 11.4 Å². The molecule has 1 aromatic carbocycles. The van der Waals surface area contributed by atoms with Gasteiger partial charge >= 0.3 is 0 Å². The molecule has 0 spiro atoms. The molecule has 0 atom stereocenters. The fourth-order valence-corrected chi connectivity index (χ4v) is 3.61. The lowest BCUT2D eigenvalue weighted by Crippen LogP contribution is -2.35. The standard InChI is InChI=1S/C24H29F2N3O3/c1-15-11-20(32-13-17-18(25)7-5-8-19(17)26)22-28-16(2)21(29(22)12-15)23(31)27-14-24(3,4)9-6-10-30/h5,7-8,11-12,30H,6,9-10,13-14H2,1-4H3,(H,27,31). The van der Waals surface area contributed by atoms with Crippen LogP contribution in [0.25, 0.3) is 5.65 Å². The number of benzene rings is 1. The number of halogens is 2. The van der Waals surface area contributed by atoms with Crippen LogP contribution in [0.4, 0.5) is 8.78 Å².